The van der Waals surface area contributed by atoms with Gasteiger partial charge in [0, 0.05) is 0 Å². The molecule has 0 bridgehead atoms. The topological polar surface area (TPSA) is 0 Å². The summed E-state index contributed by atoms with van der Waals surface area (Å²) in [5.41, 5.74) is 2.83. The molecule has 85 valence electrons. The van der Waals surface area contributed by atoms with E-state index in [1.807, 2.05) is 0 Å². The van der Waals surface area contributed by atoms with E-state index in [4.69, 9.17) is 0 Å². The molecular weight excluding hydrogens is 285 g/mol. The van der Waals surface area contributed by atoms with Crippen molar-refractivity contribution in [3.63, 3.8) is 0 Å². The largest absolute Gasteiger partial charge is 3.00 e. The third kappa shape index (κ3) is 3.94. The minimum atomic E-state index is 0. The molecule has 1 unspecified atom stereocenters. The molecule has 0 aromatic heterocycles. The Morgan fingerprint density at radius 2 is 1.88 bits per heavy atom. The summed E-state index contributed by atoms with van der Waals surface area (Å²) in [6, 6.07) is 8.62. The fourth-order valence-electron chi connectivity index (χ4n) is 1.89. The number of hydrogen-bond acceptors (Lipinski definition) is 0. The van der Waals surface area contributed by atoms with Gasteiger partial charge in [-0.3, -0.25) is 6.08 Å². The van der Waals surface area contributed by atoms with Crippen molar-refractivity contribution in [2.24, 2.45) is 0 Å². The Morgan fingerprint density at radius 1 is 1.19 bits per heavy atom. The van der Waals surface area contributed by atoms with Crippen molar-refractivity contribution in [2.45, 2.75) is 32.1 Å². The maximum absolute atomic E-state index is 3.43. The monoisotopic (exact) mass is 299 g/mol. The Hall–Kier alpha value is -0.297. The van der Waals surface area contributed by atoms with Crippen LogP contribution in [0.3, 0.4) is 0 Å². The second-order valence-corrected chi connectivity index (χ2v) is 3.63. The van der Waals surface area contributed by atoms with E-state index in [0.717, 1.165) is 0 Å². The molecule has 0 saturated heterocycles. The molecule has 0 fully saturated rings. The number of halogens is 2. The van der Waals surface area contributed by atoms with Crippen LogP contribution in [0, 0.1) is 6.08 Å². The summed E-state index contributed by atoms with van der Waals surface area (Å²) in [5, 5.41) is 0. The Balaban J connectivity index is 0. The van der Waals surface area contributed by atoms with E-state index in [1.54, 1.807) is 0 Å². The molecule has 0 N–H and O–H groups in total. The van der Waals surface area contributed by atoms with Gasteiger partial charge in [0.2, 0.25) is 0 Å². The predicted octanol–water partition coefficient (Wildman–Crippen LogP) is -2.20. The van der Waals surface area contributed by atoms with E-state index in [0.29, 0.717) is 5.92 Å². The van der Waals surface area contributed by atoms with Crippen LogP contribution in [-0.4, -0.2) is 0 Å². The van der Waals surface area contributed by atoms with Crippen LogP contribution in [0.1, 0.15) is 43.2 Å². The van der Waals surface area contributed by atoms with Gasteiger partial charge in [0.05, 0.1) is 0 Å². The number of benzene rings is 1. The summed E-state index contributed by atoms with van der Waals surface area (Å²) in [7, 11) is 0. The van der Waals surface area contributed by atoms with Crippen LogP contribution < -0.4 is 9.41 Å². The molecule has 1 radical (unpaired) electrons. The van der Waals surface area contributed by atoms with Crippen LogP contribution >= 0.6 is 0 Å². The van der Waals surface area contributed by atoms with E-state index >= 15 is 0 Å². The Labute approximate surface area is 115 Å². The van der Waals surface area contributed by atoms with Gasteiger partial charge in [-0.1, -0.05) is 50.3 Å². The number of fused-ring (bicyclic) bond motifs is 1. The van der Waals surface area contributed by atoms with Crippen LogP contribution in [0.2, 0.25) is 0 Å². The summed E-state index contributed by atoms with van der Waals surface area (Å²) in [6.07, 6.45) is 9.40. The molecule has 1 aliphatic rings. The molecule has 1 aromatic carbocycles. The van der Waals surface area contributed by atoms with E-state index in [2.05, 4.69) is 43.3 Å². The molecule has 1 atom stereocenters. The molecule has 0 saturated carbocycles. The van der Waals surface area contributed by atoms with Crippen LogP contribution in [0.25, 0.3) is 6.08 Å². The van der Waals surface area contributed by atoms with Crippen molar-refractivity contribution >= 4 is 6.08 Å². The third-order valence-electron chi connectivity index (χ3n) is 2.66. The SMILES string of the molecule is CCCCC1[C-]=Cc2ccccc21.[F-].[F-].[Zr+3]. The molecule has 0 nitrogen and oxygen atoms in total. The molecule has 0 spiro atoms. The zero-order chi connectivity index (χ0) is 9.10. The second kappa shape index (κ2) is 8.81. The minimum absolute atomic E-state index is 0. The first-order valence-electron chi connectivity index (χ1n) is 5.10. The zero-order valence-electron chi connectivity index (χ0n) is 9.34. The third-order valence-corrected chi connectivity index (χ3v) is 2.66. The summed E-state index contributed by atoms with van der Waals surface area (Å²) in [5.74, 6) is 0.566. The van der Waals surface area contributed by atoms with Gasteiger partial charge < -0.3 is 9.41 Å². The van der Waals surface area contributed by atoms with Gasteiger partial charge in [-0.15, -0.1) is 11.6 Å². The fourth-order valence-corrected chi connectivity index (χ4v) is 1.89. The molecule has 16 heavy (non-hydrogen) atoms. The second-order valence-electron chi connectivity index (χ2n) is 3.63. The molecule has 0 amide bonds. The van der Waals surface area contributed by atoms with Gasteiger partial charge in [-0.2, -0.15) is 5.56 Å². The number of allylic oxidation sites excluding steroid dienone is 1. The first kappa shape index (κ1) is 18.1. The Kier molecular flexibility index (Phi) is 9.95. The minimum Gasteiger partial charge on any atom is -1.00 e. The molecule has 2 rings (SSSR count). The molecule has 0 aliphatic heterocycles. The summed E-state index contributed by atoms with van der Waals surface area (Å²) >= 11 is 0. The molecule has 1 aliphatic carbocycles. The van der Waals surface area contributed by atoms with Crippen molar-refractivity contribution in [3.8, 4) is 0 Å². The van der Waals surface area contributed by atoms with Crippen LogP contribution in [0.15, 0.2) is 24.3 Å². The smallest absolute Gasteiger partial charge is 1.00 e. The van der Waals surface area contributed by atoms with E-state index < -0.39 is 0 Å². The van der Waals surface area contributed by atoms with E-state index in [-0.39, 0.29) is 35.6 Å². The molecule has 3 heteroatoms. The van der Waals surface area contributed by atoms with Gasteiger partial charge in [-0.05, 0) is 0 Å². The van der Waals surface area contributed by atoms with Crippen LogP contribution in [0.4, 0.5) is 0 Å². The summed E-state index contributed by atoms with van der Waals surface area (Å²) < 4.78 is 0. The average molecular weight is 300 g/mol. The van der Waals surface area contributed by atoms with Crippen molar-refractivity contribution in [2.75, 3.05) is 0 Å². The van der Waals surface area contributed by atoms with Crippen molar-refractivity contribution < 1.29 is 35.6 Å². The predicted molar refractivity (Wildman–Crippen MR) is 56.4 cm³/mol. The zero-order valence-corrected chi connectivity index (χ0v) is 11.8. The quantitative estimate of drug-likeness (QED) is 0.556. The standard InChI is InChI=1S/C13H15.2FH.Zr/c1-2-3-6-11-9-10-12-7-4-5-8-13(11)12;;;/h4-5,7-8,10-11H,2-3,6H2,1H3;2*1H;/q-1;;;+3/p-2. The molecule has 1 aromatic rings. The summed E-state index contributed by atoms with van der Waals surface area (Å²) in [4.78, 5) is 0. The van der Waals surface area contributed by atoms with Crippen LogP contribution in [-0.2, 0) is 26.2 Å². The number of rotatable bonds is 3. The number of unbranched alkanes of at least 4 members (excludes halogenated alkanes) is 1. The molecule has 0 heterocycles. The summed E-state index contributed by atoms with van der Waals surface area (Å²) in [6.45, 7) is 2.24. The van der Waals surface area contributed by atoms with Gasteiger partial charge in [0.25, 0.3) is 0 Å². The molecular formula is C13H15F2Zr. The normalized spacial score (nSPS) is 15.4. The first-order valence-corrected chi connectivity index (χ1v) is 5.10. The van der Waals surface area contributed by atoms with Crippen molar-refractivity contribution in [1.82, 2.24) is 0 Å². The maximum Gasteiger partial charge on any atom is 3.00 e. The Bertz CT molecular complexity index is 323. The van der Waals surface area contributed by atoms with Gasteiger partial charge in [0.1, 0.15) is 0 Å². The maximum atomic E-state index is 3.43. The van der Waals surface area contributed by atoms with E-state index in [9.17, 15) is 0 Å². The van der Waals surface area contributed by atoms with Crippen molar-refractivity contribution in [3.05, 3.63) is 41.5 Å². The van der Waals surface area contributed by atoms with Crippen LogP contribution in [0.5, 0.6) is 0 Å². The number of hydrogen-bond donors (Lipinski definition) is 0. The van der Waals surface area contributed by atoms with Gasteiger partial charge in [-0.25, -0.2) is 6.08 Å². The van der Waals surface area contributed by atoms with Crippen molar-refractivity contribution in [1.29, 1.82) is 0 Å². The van der Waals surface area contributed by atoms with Gasteiger partial charge in [0.15, 0.2) is 0 Å². The Morgan fingerprint density at radius 3 is 2.56 bits per heavy atom. The van der Waals surface area contributed by atoms with Gasteiger partial charge >= 0.3 is 26.2 Å². The fraction of sp³-hybridized carbons (Fsp3) is 0.385. The first-order chi connectivity index (χ1) is 6.42. The van der Waals surface area contributed by atoms with E-state index in [1.165, 1.54) is 30.4 Å². The average Bonchev–Trinajstić information content (AvgIpc) is 2.58.